The van der Waals surface area contributed by atoms with Crippen LogP contribution in [0.2, 0.25) is 0 Å². The van der Waals surface area contributed by atoms with E-state index >= 15 is 0 Å². The predicted octanol–water partition coefficient (Wildman–Crippen LogP) is 3.04. The quantitative estimate of drug-likeness (QED) is 0.627. The molecule has 7 nitrogen and oxygen atoms in total. The second-order valence-electron chi connectivity index (χ2n) is 6.02. The summed E-state index contributed by atoms with van der Waals surface area (Å²) in [6.45, 7) is 1.00. The van der Waals surface area contributed by atoms with Gasteiger partial charge in [0.05, 0.1) is 26.6 Å². The fraction of sp³-hybridized carbons (Fsp3) is 0.190. The first-order valence-electron chi connectivity index (χ1n) is 8.78. The lowest BCUT2D eigenvalue weighted by Crippen LogP contribution is -2.24. The number of hydrogen-bond donors (Lipinski definition) is 2. The summed E-state index contributed by atoms with van der Waals surface area (Å²) in [6.07, 6.45) is 3.01. The number of ether oxygens (including phenoxy) is 2. The topological polar surface area (TPSA) is 85.4 Å². The molecule has 28 heavy (non-hydrogen) atoms. The average Bonchev–Trinajstić information content (AvgIpc) is 2.77. The Kier molecular flexibility index (Phi) is 6.41. The Hall–Kier alpha value is -3.61. The lowest BCUT2D eigenvalue weighted by Gasteiger charge is -2.08. The number of methoxy groups -OCH3 is 2. The highest BCUT2D eigenvalue weighted by atomic mass is 16.5. The molecule has 0 radical (unpaired) electrons. The van der Waals surface area contributed by atoms with Crippen molar-refractivity contribution in [3.05, 3.63) is 77.7 Å². The van der Waals surface area contributed by atoms with E-state index in [-0.39, 0.29) is 11.6 Å². The molecule has 0 aliphatic carbocycles. The van der Waals surface area contributed by atoms with Gasteiger partial charge in [-0.05, 0) is 35.4 Å². The molecule has 2 aromatic carbocycles. The van der Waals surface area contributed by atoms with Crippen LogP contribution in [0.15, 0.2) is 60.9 Å². The third kappa shape index (κ3) is 5.20. The van der Waals surface area contributed by atoms with Gasteiger partial charge in [-0.3, -0.25) is 4.79 Å². The molecule has 1 aromatic heterocycles. The van der Waals surface area contributed by atoms with E-state index in [4.69, 9.17) is 9.47 Å². The Morgan fingerprint density at radius 1 is 0.821 bits per heavy atom. The molecule has 0 saturated heterocycles. The van der Waals surface area contributed by atoms with Crippen LogP contribution in [-0.2, 0) is 13.1 Å². The normalized spacial score (nSPS) is 10.2. The Balaban J connectivity index is 1.50. The molecule has 3 aromatic rings. The molecule has 0 aliphatic heterocycles. The summed E-state index contributed by atoms with van der Waals surface area (Å²) in [4.78, 5) is 20.7. The average molecular weight is 378 g/mol. The maximum absolute atomic E-state index is 12.2. The van der Waals surface area contributed by atoms with Gasteiger partial charge in [-0.25, -0.2) is 9.97 Å². The van der Waals surface area contributed by atoms with Crippen molar-refractivity contribution >= 4 is 11.7 Å². The number of nitrogens with zero attached hydrogens (tertiary/aromatic N) is 2. The van der Waals surface area contributed by atoms with Crippen LogP contribution in [0.1, 0.15) is 21.6 Å². The Bertz CT molecular complexity index is 894. The first-order chi connectivity index (χ1) is 13.7. The molecule has 0 spiro atoms. The van der Waals surface area contributed by atoms with E-state index < -0.39 is 0 Å². The highest BCUT2D eigenvalue weighted by molar-refractivity contribution is 5.91. The van der Waals surface area contributed by atoms with E-state index in [0.29, 0.717) is 18.9 Å². The Labute approximate surface area is 163 Å². The van der Waals surface area contributed by atoms with Gasteiger partial charge in [-0.15, -0.1) is 0 Å². The third-order valence-corrected chi connectivity index (χ3v) is 4.13. The van der Waals surface area contributed by atoms with Crippen LogP contribution in [0, 0.1) is 0 Å². The van der Waals surface area contributed by atoms with Gasteiger partial charge in [0.1, 0.15) is 23.0 Å². The van der Waals surface area contributed by atoms with Crippen molar-refractivity contribution in [3.63, 3.8) is 0 Å². The molecule has 0 atom stereocenters. The van der Waals surface area contributed by atoms with Crippen molar-refractivity contribution < 1.29 is 14.3 Å². The number of nitrogens with one attached hydrogen (secondary N) is 2. The third-order valence-electron chi connectivity index (χ3n) is 4.13. The standard InChI is InChI=1S/C21H22N4O3/c1-27-17-7-3-15(4-8-17)11-23-20-14-22-19(13-24-20)21(26)25-12-16-5-9-18(28-2)10-6-16/h3-10,13-14H,11-12H2,1-2H3,(H,23,24)(H,25,26). The van der Waals surface area contributed by atoms with E-state index in [0.717, 1.165) is 22.6 Å². The molecule has 0 aliphatic rings. The summed E-state index contributed by atoms with van der Waals surface area (Å²) in [5.74, 6) is 1.92. The van der Waals surface area contributed by atoms with Crippen molar-refractivity contribution in [2.45, 2.75) is 13.1 Å². The van der Waals surface area contributed by atoms with Crippen molar-refractivity contribution in [2.75, 3.05) is 19.5 Å². The van der Waals surface area contributed by atoms with E-state index in [2.05, 4.69) is 20.6 Å². The minimum absolute atomic E-state index is 0.267. The van der Waals surface area contributed by atoms with Crippen LogP contribution in [0.4, 0.5) is 5.82 Å². The summed E-state index contributed by atoms with van der Waals surface area (Å²) in [5, 5.41) is 6.00. The molecule has 0 unspecified atom stereocenters. The second-order valence-corrected chi connectivity index (χ2v) is 6.02. The monoisotopic (exact) mass is 378 g/mol. The van der Waals surface area contributed by atoms with Crippen LogP contribution in [0.25, 0.3) is 0 Å². The molecule has 1 heterocycles. The van der Waals surface area contributed by atoms with Crippen LogP contribution >= 0.6 is 0 Å². The highest BCUT2D eigenvalue weighted by Gasteiger charge is 2.08. The van der Waals surface area contributed by atoms with Crippen molar-refractivity contribution in [2.24, 2.45) is 0 Å². The Morgan fingerprint density at radius 3 is 1.89 bits per heavy atom. The minimum atomic E-state index is -0.273. The number of amides is 1. The van der Waals surface area contributed by atoms with Gasteiger partial charge < -0.3 is 20.1 Å². The number of hydrogen-bond acceptors (Lipinski definition) is 6. The zero-order valence-electron chi connectivity index (χ0n) is 15.8. The summed E-state index contributed by atoms with van der Waals surface area (Å²) in [5.41, 5.74) is 2.33. The van der Waals surface area contributed by atoms with Gasteiger partial charge >= 0.3 is 0 Å². The number of rotatable bonds is 8. The van der Waals surface area contributed by atoms with E-state index in [1.807, 2.05) is 48.5 Å². The van der Waals surface area contributed by atoms with Crippen LogP contribution in [-0.4, -0.2) is 30.1 Å². The zero-order chi connectivity index (χ0) is 19.8. The number of benzene rings is 2. The molecule has 0 bridgehead atoms. The largest absolute Gasteiger partial charge is 0.497 e. The number of aromatic nitrogens is 2. The van der Waals surface area contributed by atoms with E-state index in [9.17, 15) is 4.79 Å². The summed E-state index contributed by atoms with van der Waals surface area (Å²) in [7, 11) is 3.25. The molecule has 2 N–H and O–H groups in total. The smallest absolute Gasteiger partial charge is 0.271 e. The molecular formula is C21H22N4O3. The number of carbonyl (C=O) groups is 1. The molecule has 144 valence electrons. The van der Waals surface area contributed by atoms with Crippen LogP contribution < -0.4 is 20.1 Å². The molecule has 3 rings (SSSR count). The Morgan fingerprint density at radius 2 is 1.39 bits per heavy atom. The maximum atomic E-state index is 12.2. The summed E-state index contributed by atoms with van der Waals surface area (Å²) < 4.78 is 10.3. The van der Waals surface area contributed by atoms with Crippen molar-refractivity contribution in [3.8, 4) is 11.5 Å². The van der Waals surface area contributed by atoms with Gasteiger partial charge in [-0.2, -0.15) is 0 Å². The molecule has 0 fully saturated rings. The lowest BCUT2D eigenvalue weighted by molar-refractivity contribution is 0.0945. The van der Waals surface area contributed by atoms with Gasteiger partial charge in [0.2, 0.25) is 0 Å². The summed E-state index contributed by atoms with van der Waals surface area (Å²) in [6, 6.07) is 15.3. The molecule has 7 heteroatoms. The van der Waals surface area contributed by atoms with Crippen LogP contribution in [0.3, 0.4) is 0 Å². The van der Waals surface area contributed by atoms with Gasteiger partial charge in [0, 0.05) is 13.1 Å². The molecular weight excluding hydrogens is 356 g/mol. The summed E-state index contributed by atoms with van der Waals surface area (Å²) >= 11 is 0. The van der Waals surface area contributed by atoms with Crippen molar-refractivity contribution in [1.29, 1.82) is 0 Å². The molecule has 0 saturated carbocycles. The molecule has 1 amide bonds. The fourth-order valence-electron chi connectivity index (χ4n) is 2.49. The minimum Gasteiger partial charge on any atom is -0.497 e. The van der Waals surface area contributed by atoms with Gasteiger partial charge in [0.25, 0.3) is 5.91 Å². The first kappa shape index (κ1) is 19.2. The SMILES string of the molecule is COc1ccc(CNC(=O)c2cnc(NCc3ccc(OC)cc3)cn2)cc1. The zero-order valence-corrected chi connectivity index (χ0v) is 15.8. The second kappa shape index (κ2) is 9.36. The van der Waals surface area contributed by atoms with Gasteiger partial charge in [-0.1, -0.05) is 24.3 Å². The number of anilines is 1. The number of carbonyl (C=O) groups excluding carboxylic acids is 1. The van der Waals surface area contributed by atoms with Gasteiger partial charge in [0.15, 0.2) is 0 Å². The fourth-order valence-corrected chi connectivity index (χ4v) is 2.49. The van der Waals surface area contributed by atoms with Crippen molar-refractivity contribution in [1.82, 2.24) is 15.3 Å². The van der Waals surface area contributed by atoms with Crippen LogP contribution in [0.5, 0.6) is 11.5 Å². The van der Waals surface area contributed by atoms with E-state index in [1.54, 1.807) is 20.4 Å². The lowest BCUT2D eigenvalue weighted by atomic mass is 10.2. The first-order valence-corrected chi connectivity index (χ1v) is 8.78. The maximum Gasteiger partial charge on any atom is 0.271 e. The predicted molar refractivity (Wildman–Crippen MR) is 107 cm³/mol. The van der Waals surface area contributed by atoms with E-state index in [1.165, 1.54) is 6.20 Å². The highest BCUT2D eigenvalue weighted by Crippen LogP contribution is 2.13.